The highest BCUT2D eigenvalue weighted by atomic mass is 32.1. The number of hydrogen-bond acceptors (Lipinski definition) is 9. The first-order valence-corrected chi connectivity index (χ1v) is 17.2. The largest absolute Gasteiger partial charge is 0.379 e. The van der Waals surface area contributed by atoms with E-state index in [1.165, 1.54) is 43.4 Å². The van der Waals surface area contributed by atoms with E-state index in [0.717, 1.165) is 36.8 Å². The van der Waals surface area contributed by atoms with Gasteiger partial charge in [0.05, 0.1) is 36.6 Å². The van der Waals surface area contributed by atoms with Crippen molar-refractivity contribution in [2.24, 2.45) is 5.92 Å². The molecule has 1 aromatic heterocycles. The topological polar surface area (TPSA) is 152 Å². The number of aromatic nitrogens is 1. The van der Waals surface area contributed by atoms with E-state index in [9.17, 15) is 14.4 Å². The molecule has 3 N–H and O–H groups in total. The normalized spacial score (nSPS) is 14.5. The van der Waals surface area contributed by atoms with Crippen LogP contribution in [0.25, 0.3) is 10.2 Å². The standard InChI is InChI=1S/C33H49N5O6S/c34-25-32-38-28-13-12-27(24-29(28)45-32)37-31(40)15-14-30(39)35-16-8-18-42-20-22-44-23-21-43-19-9-17-36-33(41)26-10-6-4-2-1-3-5-7-11-26/h12-13,24,26H,1-11,14-23H2,(H,35,39)(H,36,41)(H,37,40). The van der Waals surface area contributed by atoms with Gasteiger partial charge in [0, 0.05) is 50.8 Å². The number of rotatable bonds is 19. The number of nitriles is 1. The van der Waals surface area contributed by atoms with Crippen molar-refractivity contribution in [1.82, 2.24) is 15.6 Å². The second-order valence-corrected chi connectivity index (χ2v) is 12.3. The minimum Gasteiger partial charge on any atom is -0.379 e. The van der Waals surface area contributed by atoms with E-state index in [0.29, 0.717) is 75.4 Å². The SMILES string of the molecule is N#Cc1nc2ccc(NC(=O)CCC(=O)NCCCOCCOCCOCCCNC(=O)C3CCCCCCCCC3)cc2s1. The maximum atomic E-state index is 12.5. The van der Waals surface area contributed by atoms with Crippen molar-refractivity contribution >= 4 is 45.0 Å². The Kier molecular flexibility index (Phi) is 18.1. The first-order valence-electron chi connectivity index (χ1n) is 16.4. The van der Waals surface area contributed by atoms with E-state index in [-0.39, 0.29) is 36.5 Å². The van der Waals surface area contributed by atoms with Crippen LogP contribution in [0.15, 0.2) is 18.2 Å². The van der Waals surface area contributed by atoms with Crippen LogP contribution in [0.4, 0.5) is 5.69 Å². The van der Waals surface area contributed by atoms with Gasteiger partial charge in [-0.3, -0.25) is 14.4 Å². The van der Waals surface area contributed by atoms with Gasteiger partial charge in [-0.15, -0.1) is 11.3 Å². The number of amides is 3. The quantitative estimate of drug-likeness (QED) is 0.179. The second-order valence-electron chi connectivity index (χ2n) is 11.3. The molecular weight excluding hydrogens is 594 g/mol. The zero-order valence-corrected chi connectivity index (χ0v) is 27.2. The fourth-order valence-electron chi connectivity index (χ4n) is 5.14. The molecule has 0 bridgehead atoms. The average molecular weight is 644 g/mol. The van der Waals surface area contributed by atoms with Gasteiger partial charge in [-0.2, -0.15) is 5.26 Å². The fraction of sp³-hybridized carbons (Fsp3) is 0.667. The summed E-state index contributed by atoms with van der Waals surface area (Å²) in [4.78, 5) is 41.0. The van der Waals surface area contributed by atoms with Crippen LogP contribution in [0.3, 0.4) is 0 Å². The van der Waals surface area contributed by atoms with Gasteiger partial charge in [-0.1, -0.05) is 44.9 Å². The molecule has 3 rings (SSSR count). The van der Waals surface area contributed by atoms with Gasteiger partial charge in [0.15, 0.2) is 5.01 Å². The van der Waals surface area contributed by atoms with Gasteiger partial charge in [-0.05, 0) is 43.9 Å². The molecule has 0 saturated heterocycles. The van der Waals surface area contributed by atoms with Crippen LogP contribution < -0.4 is 16.0 Å². The van der Waals surface area contributed by atoms with Gasteiger partial charge < -0.3 is 30.2 Å². The number of thiazole rings is 1. The van der Waals surface area contributed by atoms with Crippen LogP contribution in [0.1, 0.15) is 88.5 Å². The molecule has 1 aliphatic carbocycles. The molecule has 12 heteroatoms. The summed E-state index contributed by atoms with van der Waals surface area (Å²) < 4.78 is 17.5. The molecule has 1 saturated carbocycles. The third-order valence-electron chi connectivity index (χ3n) is 7.62. The molecule has 11 nitrogen and oxygen atoms in total. The van der Waals surface area contributed by atoms with E-state index < -0.39 is 0 Å². The Morgan fingerprint density at radius 2 is 1.38 bits per heavy atom. The summed E-state index contributed by atoms with van der Waals surface area (Å²) in [6.45, 7) is 4.15. The lowest BCUT2D eigenvalue weighted by atomic mass is 9.91. The predicted octanol–water partition coefficient (Wildman–Crippen LogP) is 5.09. The predicted molar refractivity (Wildman–Crippen MR) is 175 cm³/mol. The van der Waals surface area contributed by atoms with E-state index in [4.69, 9.17) is 19.5 Å². The van der Waals surface area contributed by atoms with Gasteiger partial charge in [0.1, 0.15) is 6.07 Å². The summed E-state index contributed by atoms with van der Waals surface area (Å²) >= 11 is 1.27. The van der Waals surface area contributed by atoms with Crippen molar-refractivity contribution in [3.63, 3.8) is 0 Å². The van der Waals surface area contributed by atoms with Crippen LogP contribution in [-0.2, 0) is 28.6 Å². The number of benzene rings is 1. The molecule has 0 spiro atoms. The van der Waals surface area contributed by atoms with Gasteiger partial charge >= 0.3 is 0 Å². The first-order chi connectivity index (χ1) is 22.0. The summed E-state index contributed by atoms with van der Waals surface area (Å²) in [7, 11) is 0. The zero-order chi connectivity index (χ0) is 32.0. The van der Waals surface area contributed by atoms with Crippen molar-refractivity contribution in [1.29, 1.82) is 5.26 Å². The van der Waals surface area contributed by atoms with Crippen molar-refractivity contribution in [3.8, 4) is 6.07 Å². The Labute approximate surface area is 270 Å². The molecule has 3 amide bonds. The maximum absolute atomic E-state index is 12.5. The lowest BCUT2D eigenvalue weighted by Crippen LogP contribution is -2.32. The molecule has 1 fully saturated rings. The molecule has 0 radical (unpaired) electrons. The number of anilines is 1. The van der Waals surface area contributed by atoms with Crippen molar-refractivity contribution in [2.75, 3.05) is 58.0 Å². The number of ether oxygens (including phenoxy) is 3. The highest BCUT2D eigenvalue weighted by Crippen LogP contribution is 2.25. The van der Waals surface area contributed by atoms with E-state index in [2.05, 4.69) is 20.9 Å². The Bertz CT molecular complexity index is 1210. The molecule has 1 heterocycles. The van der Waals surface area contributed by atoms with Gasteiger partial charge in [-0.25, -0.2) is 4.98 Å². The maximum Gasteiger partial charge on any atom is 0.224 e. The molecule has 0 aliphatic heterocycles. The number of fused-ring (bicyclic) bond motifs is 1. The van der Waals surface area contributed by atoms with Crippen LogP contribution in [0.5, 0.6) is 0 Å². The minimum atomic E-state index is -0.252. The summed E-state index contributed by atoms with van der Waals surface area (Å²) in [5.41, 5.74) is 1.32. The molecular formula is C33H49N5O6S. The minimum absolute atomic E-state index is 0.0740. The third-order valence-corrected chi connectivity index (χ3v) is 8.54. The second kappa shape index (κ2) is 22.4. The Hall–Kier alpha value is -3.11. The number of nitrogens with zero attached hydrogens (tertiary/aromatic N) is 2. The van der Waals surface area contributed by atoms with Crippen LogP contribution in [0.2, 0.25) is 0 Å². The zero-order valence-electron chi connectivity index (χ0n) is 26.4. The number of nitrogens with one attached hydrogen (secondary N) is 3. The summed E-state index contributed by atoms with van der Waals surface area (Å²) in [6, 6.07) is 7.28. The first kappa shape index (κ1) is 36.4. The smallest absolute Gasteiger partial charge is 0.224 e. The Morgan fingerprint density at radius 3 is 2.02 bits per heavy atom. The summed E-state index contributed by atoms with van der Waals surface area (Å²) in [6.07, 6.45) is 12.4. The van der Waals surface area contributed by atoms with Crippen LogP contribution in [0, 0.1) is 17.2 Å². The monoisotopic (exact) mass is 643 g/mol. The Morgan fingerprint density at radius 1 is 0.800 bits per heavy atom. The average Bonchev–Trinajstić information content (AvgIpc) is 3.47. The third kappa shape index (κ3) is 15.6. The van der Waals surface area contributed by atoms with E-state index >= 15 is 0 Å². The number of carbonyl (C=O) groups excluding carboxylic acids is 3. The molecule has 0 atom stereocenters. The van der Waals surface area contributed by atoms with Gasteiger partial charge in [0.2, 0.25) is 17.7 Å². The highest BCUT2D eigenvalue weighted by molar-refractivity contribution is 7.19. The molecule has 1 aromatic carbocycles. The summed E-state index contributed by atoms with van der Waals surface area (Å²) in [5, 5.41) is 18.0. The van der Waals surface area contributed by atoms with E-state index in [1.807, 2.05) is 6.07 Å². The lowest BCUT2D eigenvalue weighted by molar-refractivity contribution is -0.125. The number of hydrogen-bond donors (Lipinski definition) is 3. The lowest BCUT2D eigenvalue weighted by Gasteiger charge is -2.18. The highest BCUT2D eigenvalue weighted by Gasteiger charge is 2.18. The van der Waals surface area contributed by atoms with Crippen molar-refractivity contribution in [3.05, 3.63) is 23.2 Å². The Balaban J connectivity index is 1.07. The molecule has 45 heavy (non-hydrogen) atoms. The van der Waals surface area contributed by atoms with Crippen LogP contribution >= 0.6 is 11.3 Å². The molecule has 2 aromatic rings. The fourth-order valence-corrected chi connectivity index (χ4v) is 5.94. The molecule has 0 unspecified atom stereocenters. The van der Waals surface area contributed by atoms with Crippen LogP contribution in [-0.4, -0.2) is 75.4 Å². The molecule has 248 valence electrons. The van der Waals surface area contributed by atoms with E-state index in [1.54, 1.807) is 18.2 Å². The molecule has 1 aliphatic rings. The van der Waals surface area contributed by atoms with Crippen molar-refractivity contribution < 1.29 is 28.6 Å². The number of carbonyl (C=O) groups is 3. The summed E-state index contributed by atoms with van der Waals surface area (Å²) in [5.74, 6) is -0.0597. The van der Waals surface area contributed by atoms with Gasteiger partial charge in [0.25, 0.3) is 0 Å². The van der Waals surface area contributed by atoms with Crippen molar-refractivity contribution in [2.45, 2.75) is 83.5 Å².